The minimum absolute atomic E-state index is 0.152. The molecular formula is C15H20N2O5. The molecule has 1 rings (SSSR count). The molecule has 0 fully saturated rings. The number of amides is 2. The zero-order valence-corrected chi connectivity index (χ0v) is 12.6. The number of hydrogen-bond donors (Lipinski definition) is 2. The standard InChI is InChI=1S/C15H20N2O5/c1-3-16-13(18)9-17-14(19)10-21-15(20)11(2)22-12-7-5-4-6-8-12/h4-8,11H,3,9-10H2,1-2H3,(H,16,18)(H,17,19)/t11-/m0/s1. The average Bonchev–Trinajstić information content (AvgIpc) is 2.51. The van der Waals surface area contributed by atoms with Crippen molar-refractivity contribution in [1.82, 2.24) is 10.6 Å². The molecule has 0 saturated carbocycles. The zero-order chi connectivity index (χ0) is 16.4. The molecule has 1 aromatic carbocycles. The van der Waals surface area contributed by atoms with Gasteiger partial charge >= 0.3 is 5.97 Å². The normalized spacial score (nSPS) is 11.2. The van der Waals surface area contributed by atoms with Crippen molar-refractivity contribution in [1.29, 1.82) is 0 Å². The Morgan fingerprint density at radius 1 is 1.09 bits per heavy atom. The summed E-state index contributed by atoms with van der Waals surface area (Å²) in [5, 5.41) is 4.87. The number of esters is 1. The second-order valence-electron chi connectivity index (χ2n) is 4.41. The van der Waals surface area contributed by atoms with Gasteiger partial charge in [0, 0.05) is 6.54 Å². The number of benzene rings is 1. The average molecular weight is 308 g/mol. The van der Waals surface area contributed by atoms with Gasteiger partial charge in [0.25, 0.3) is 5.91 Å². The lowest BCUT2D eigenvalue weighted by atomic mass is 10.3. The highest BCUT2D eigenvalue weighted by Gasteiger charge is 2.17. The largest absolute Gasteiger partial charge is 0.479 e. The maximum atomic E-state index is 11.7. The van der Waals surface area contributed by atoms with Crippen LogP contribution in [-0.2, 0) is 19.1 Å². The smallest absolute Gasteiger partial charge is 0.347 e. The van der Waals surface area contributed by atoms with Crippen LogP contribution in [0.3, 0.4) is 0 Å². The van der Waals surface area contributed by atoms with Crippen LogP contribution in [0.4, 0.5) is 0 Å². The van der Waals surface area contributed by atoms with Gasteiger partial charge in [0.1, 0.15) is 5.75 Å². The molecule has 0 bridgehead atoms. The molecule has 7 heteroatoms. The fourth-order valence-electron chi connectivity index (χ4n) is 1.49. The maximum absolute atomic E-state index is 11.7. The molecule has 2 N–H and O–H groups in total. The number of carbonyl (C=O) groups excluding carboxylic acids is 3. The number of para-hydroxylation sites is 1. The maximum Gasteiger partial charge on any atom is 0.347 e. The highest BCUT2D eigenvalue weighted by molar-refractivity contribution is 5.86. The summed E-state index contributed by atoms with van der Waals surface area (Å²) in [6.07, 6.45) is -0.835. The molecule has 0 spiro atoms. The predicted octanol–water partition coefficient (Wildman–Crippen LogP) is 0.249. The van der Waals surface area contributed by atoms with Gasteiger partial charge in [0.15, 0.2) is 12.7 Å². The third-order valence-electron chi connectivity index (χ3n) is 2.55. The number of hydrogen-bond acceptors (Lipinski definition) is 5. The van der Waals surface area contributed by atoms with E-state index in [-0.39, 0.29) is 12.5 Å². The molecule has 22 heavy (non-hydrogen) atoms. The molecule has 0 aliphatic rings. The summed E-state index contributed by atoms with van der Waals surface area (Å²) < 4.78 is 10.2. The van der Waals surface area contributed by atoms with Crippen LogP contribution in [0.25, 0.3) is 0 Å². The Labute approximate surface area is 129 Å². The van der Waals surface area contributed by atoms with Gasteiger partial charge in [-0.2, -0.15) is 0 Å². The Hall–Kier alpha value is -2.57. The third kappa shape index (κ3) is 6.74. The first-order valence-electron chi connectivity index (χ1n) is 6.94. The van der Waals surface area contributed by atoms with Crippen LogP contribution in [-0.4, -0.2) is 43.6 Å². The van der Waals surface area contributed by atoms with Crippen molar-refractivity contribution < 1.29 is 23.9 Å². The fourth-order valence-corrected chi connectivity index (χ4v) is 1.49. The Balaban J connectivity index is 2.27. The molecule has 0 unspecified atom stereocenters. The number of likely N-dealkylation sites (N-methyl/N-ethyl adjacent to an activating group) is 1. The van der Waals surface area contributed by atoms with Gasteiger partial charge < -0.3 is 20.1 Å². The van der Waals surface area contributed by atoms with Gasteiger partial charge in [-0.3, -0.25) is 9.59 Å². The summed E-state index contributed by atoms with van der Waals surface area (Å²) in [6, 6.07) is 8.81. The summed E-state index contributed by atoms with van der Waals surface area (Å²) in [6.45, 7) is 3.18. The van der Waals surface area contributed by atoms with E-state index in [1.54, 1.807) is 31.2 Å². The Kier molecular flexibility index (Phi) is 7.45. The van der Waals surface area contributed by atoms with E-state index in [0.717, 1.165) is 0 Å². The van der Waals surface area contributed by atoms with E-state index in [2.05, 4.69) is 10.6 Å². The van der Waals surface area contributed by atoms with Crippen molar-refractivity contribution in [3.05, 3.63) is 30.3 Å². The molecule has 0 heterocycles. The lowest BCUT2D eigenvalue weighted by Crippen LogP contribution is -2.39. The summed E-state index contributed by atoms with van der Waals surface area (Å²) in [5.41, 5.74) is 0. The van der Waals surface area contributed by atoms with Crippen LogP contribution < -0.4 is 15.4 Å². The molecule has 1 aromatic rings. The first-order chi connectivity index (χ1) is 10.5. The lowest BCUT2D eigenvalue weighted by molar-refractivity contribution is -0.154. The van der Waals surface area contributed by atoms with Crippen molar-refractivity contribution in [2.24, 2.45) is 0 Å². The van der Waals surface area contributed by atoms with E-state index in [9.17, 15) is 14.4 Å². The van der Waals surface area contributed by atoms with E-state index in [1.165, 1.54) is 6.92 Å². The van der Waals surface area contributed by atoms with Gasteiger partial charge in [0.2, 0.25) is 5.91 Å². The van der Waals surface area contributed by atoms with Crippen LogP contribution in [0.2, 0.25) is 0 Å². The van der Waals surface area contributed by atoms with E-state index in [4.69, 9.17) is 9.47 Å². The van der Waals surface area contributed by atoms with Crippen LogP contribution >= 0.6 is 0 Å². The minimum Gasteiger partial charge on any atom is -0.479 e. The van der Waals surface area contributed by atoms with Gasteiger partial charge in [-0.05, 0) is 26.0 Å². The first-order valence-corrected chi connectivity index (χ1v) is 6.94. The van der Waals surface area contributed by atoms with Crippen molar-refractivity contribution in [2.45, 2.75) is 20.0 Å². The number of rotatable bonds is 8. The number of carbonyl (C=O) groups is 3. The molecule has 0 aromatic heterocycles. The van der Waals surface area contributed by atoms with Crippen LogP contribution in [0.5, 0.6) is 5.75 Å². The van der Waals surface area contributed by atoms with E-state index < -0.39 is 24.6 Å². The van der Waals surface area contributed by atoms with E-state index in [0.29, 0.717) is 12.3 Å². The highest BCUT2D eigenvalue weighted by atomic mass is 16.6. The molecule has 2 amide bonds. The molecule has 7 nitrogen and oxygen atoms in total. The molecule has 120 valence electrons. The second kappa shape index (κ2) is 9.38. The quantitative estimate of drug-likeness (QED) is 0.671. The van der Waals surface area contributed by atoms with Crippen molar-refractivity contribution in [3.63, 3.8) is 0 Å². The van der Waals surface area contributed by atoms with E-state index in [1.807, 2.05) is 6.07 Å². The highest BCUT2D eigenvalue weighted by Crippen LogP contribution is 2.11. The van der Waals surface area contributed by atoms with Gasteiger partial charge in [0.05, 0.1) is 6.54 Å². The monoisotopic (exact) mass is 308 g/mol. The molecule has 0 saturated heterocycles. The van der Waals surface area contributed by atoms with Gasteiger partial charge in [-0.25, -0.2) is 4.79 Å². The summed E-state index contributed by atoms with van der Waals surface area (Å²) in [4.78, 5) is 34.3. The molecule has 0 aliphatic carbocycles. The Bertz CT molecular complexity index is 504. The summed E-state index contributed by atoms with van der Waals surface area (Å²) >= 11 is 0. The molecular weight excluding hydrogens is 288 g/mol. The van der Waals surface area contributed by atoms with Crippen molar-refractivity contribution in [3.8, 4) is 5.75 Å². The predicted molar refractivity (Wildman–Crippen MR) is 79.2 cm³/mol. The summed E-state index contributed by atoms with van der Waals surface area (Å²) in [7, 11) is 0. The van der Waals surface area contributed by atoms with Gasteiger partial charge in [-0.15, -0.1) is 0 Å². The van der Waals surface area contributed by atoms with Crippen molar-refractivity contribution in [2.75, 3.05) is 19.7 Å². The molecule has 0 aliphatic heterocycles. The SMILES string of the molecule is CCNC(=O)CNC(=O)COC(=O)[C@H](C)Oc1ccccc1. The molecule has 0 radical (unpaired) electrons. The van der Waals surface area contributed by atoms with Crippen LogP contribution in [0.1, 0.15) is 13.8 Å². The number of nitrogens with one attached hydrogen (secondary N) is 2. The Morgan fingerprint density at radius 3 is 2.41 bits per heavy atom. The van der Waals surface area contributed by atoms with Crippen molar-refractivity contribution >= 4 is 17.8 Å². The van der Waals surface area contributed by atoms with Gasteiger partial charge in [-0.1, -0.05) is 18.2 Å². The van der Waals surface area contributed by atoms with Crippen LogP contribution in [0.15, 0.2) is 30.3 Å². The fraction of sp³-hybridized carbons (Fsp3) is 0.400. The first kappa shape index (κ1) is 17.5. The number of ether oxygens (including phenoxy) is 2. The third-order valence-corrected chi connectivity index (χ3v) is 2.55. The Morgan fingerprint density at radius 2 is 1.77 bits per heavy atom. The second-order valence-corrected chi connectivity index (χ2v) is 4.41. The minimum atomic E-state index is -0.835. The molecule has 1 atom stereocenters. The zero-order valence-electron chi connectivity index (χ0n) is 12.6. The van der Waals surface area contributed by atoms with Crippen LogP contribution in [0, 0.1) is 0 Å². The topological polar surface area (TPSA) is 93.7 Å². The van der Waals surface area contributed by atoms with E-state index >= 15 is 0 Å². The lowest BCUT2D eigenvalue weighted by Gasteiger charge is -2.13. The summed E-state index contributed by atoms with van der Waals surface area (Å²) in [5.74, 6) is -0.973.